The van der Waals surface area contributed by atoms with Gasteiger partial charge in [0.2, 0.25) is 0 Å². The van der Waals surface area contributed by atoms with Gasteiger partial charge in [-0.2, -0.15) is 0 Å². The smallest absolute Gasteiger partial charge is 0.122 e. The average molecular weight is 218 g/mol. The maximum atomic E-state index is 2.51. The summed E-state index contributed by atoms with van der Waals surface area (Å²) < 4.78 is 4.98. The molecule has 0 aliphatic carbocycles. The largest absolute Gasteiger partial charge is 0.332 e. The quantitative estimate of drug-likeness (QED) is 0.647. The zero-order chi connectivity index (χ0) is 10.6. The molecule has 0 bridgehead atoms. The molecule has 2 nitrogen and oxygen atoms in total. The Morgan fingerprint density at radius 2 is 1.62 bits per heavy atom. The van der Waals surface area contributed by atoms with Crippen LogP contribution >= 0.6 is 0 Å². The summed E-state index contributed by atoms with van der Waals surface area (Å²) in [5.74, 6) is 0. The Morgan fingerprint density at radius 3 is 1.85 bits per heavy atom. The molecule has 0 amide bonds. The highest BCUT2D eigenvalue weighted by Crippen LogP contribution is 2.19. The molecule has 0 rings (SSSR count). The van der Waals surface area contributed by atoms with Crippen molar-refractivity contribution in [3.63, 3.8) is 0 Å². The molecule has 80 valence electrons. The lowest BCUT2D eigenvalue weighted by molar-refractivity contribution is 0.605. The molecule has 2 unspecified atom stereocenters. The van der Waals surface area contributed by atoms with E-state index < -0.39 is 17.2 Å². The lowest BCUT2D eigenvalue weighted by Gasteiger charge is -2.36. The zero-order valence-corrected chi connectivity index (χ0v) is 12.5. The van der Waals surface area contributed by atoms with Crippen molar-refractivity contribution in [2.24, 2.45) is 0 Å². The van der Waals surface area contributed by atoms with Gasteiger partial charge in [-0.25, -0.2) is 0 Å². The Hall–Kier alpha value is 0.354. The summed E-state index contributed by atoms with van der Waals surface area (Å²) in [6.45, 7) is 7.33. The second kappa shape index (κ2) is 5.29. The first kappa shape index (κ1) is 13.4. The highest BCUT2D eigenvalue weighted by Gasteiger charge is 2.30. The lowest BCUT2D eigenvalue weighted by atomic mass is 11.0. The maximum absolute atomic E-state index is 2.51. The predicted molar refractivity (Wildman–Crippen MR) is 67.3 cm³/mol. The van der Waals surface area contributed by atoms with Crippen LogP contribution in [0, 0.1) is 0 Å². The molecule has 0 saturated carbocycles. The van der Waals surface area contributed by atoms with Crippen molar-refractivity contribution in [2.45, 2.75) is 31.7 Å². The zero-order valence-electron chi connectivity index (χ0n) is 10.4. The van der Waals surface area contributed by atoms with E-state index in [1.165, 1.54) is 11.7 Å². The van der Waals surface area contributed by atoms with Gasteiger partial charge in [0.1, 0.15) is 17.2 Å². The van der Waals surface area contributed by atoms with Gasteiger partial charge >= 0.3 is 0 Å². The minimum absolute atomic E-state index is 0.621. The molecule has 0 aromatic heterocycles. The predicted octanol–water partition coefficient (Wildman–Crippen LogP) is 1.60. The molecule has 13 heavy (non-hydrogen) atoms. The first-order chi connectivity index (χ1) is 5.83. The third kappa shape index (κ3) is 3.93. The van der Waals surface area contributed by atoms with Gasteiger partial charge in [0.25, 0.3) is 0 Å². The van der Waals surface area contributed by atoms with Crippen LogP contribution in [0.5, 0.6) is 0 Å². The van der Waals surface area contributed by atoms with Crippen LogP contribution in [0.1, 0.15) is 6.92 Å². The monoisotopic (exact) mass is 218 g/mol. The van der Waals surface area contributed by atoms with E-state index in [0.717, 1.165) is 0 Å². The molecule has 2 atom stereocenters. The summed E-state index contributed by atoms with van der Waals surface area (Å²) >= 11 is 0. The number of hydrogen-bond acceptors (Lipinski definition) is 2. The summed E-state index contributed by atoms with van der Waals surface area (Å²) in [5, 5.41) is 0. The van der Waals surface area contributed by atoms with Crippen molar-refractivity contribution in [2.75, 3.05) is 28.2 Å². The van der Waals surface area contributed by atoms with E-state index >= 15 is 0 Å². The van der Waals surface area contributed by atoms with E-state index in [1.807, 2.05) is 0 Å². The molecule has 0 saturated heterocycles. The molecular weight excluding hydrogens is 192 g/mol. The first-order valence-electron chi connectivity index (χ1n) is 5.17. The second-order valence-electron chi connectivity index (χ2n) is 4.76. The Bertz CT molecular complexity index is 151. The molecular formula is C9H26N2Si2. The van der Waals surface area contributed by atoms with Crippen LogP contribution < -0.4 is 0 Å². The minimum Gasteiger partial charge on any atom is -0.332 e. The van der Waals surface area contributed by atoms with Gasteiger partial charge < -0.3 is 9.13 Å². The van der Waals surface area contributed by atoms with Crippen LogP contribution in [0.2, 0.25) is 24.8 Å². The van der Waals surface area contributed by atoms with E-state index in [9.17, 15) is 0 Å². The molecule has 0 fully saturated rings. The maximum Gasteiger partial charge on any atom is 0.122 e. The first-order valence-corrected chi connectivity index (χ1v) is 10.5. The third-order valence-corrected chi connectivity index (χ3v) is 14.8. The van der Waals surface area contributed by atoms with Gasteiger partial charge in [-0.3, -0.25) is 0 Å². The molecule has 0 heterocycles. The summed E-state index contributed by atoms with van der Waals surface area (Å²) in [6.07, 6.45) is 0. The normalized spacial score (nSPS) is 19.2. The van der Waals surface area contributed by atoms with Crippen molar-refractivity contribution in [1.82, 2.24) is 9.13 Å². The highest BCUT2D eigenvalue weighted by molar-refractivity contribution is 6.86. The van der Waals surface area contributed by atoms with E-state index in [1.54, 1.807) is 0 Å². The van der Waals surface area contributed by atoms with Crippen molar-refractivity contribution in [3.8, 4) is 0 Å². The fourth-order valence-corrected chi connectivity index (χ4v) is 11.3. The Labute approximate surface area is 86.7 Å². The van der Waals surface area contributed by atoms with Crippen molar-refractivity contribution in [3.05, 3.63) is 0 Å². The van der Waals surface area contributed by atoms with Crippen molar-refractivity contribution in [1.29, 1.82) is 0 Å². The van der Waals surface area contributed by atoms with Crippen LogP contribution in [0.4, 0.5) is 0 Å². The summed E-state index contributed by atoms with van der Waals surface area (Å²) in [6, 6.07) is 1.38. The van der Waals surface area contributed by atoms with Crippen LogP contribution in [0.15, 0.2) is 0 Å². The number of nitrogens with zero attached hydrogens (tertiary/aromatic N) is 2. The lowest BCUT2D eigenvalue weighted by Crippen LogP contribution is -2.51. The van der Waals surface area contributed by atoms with Crippen molar-refractivity contribution >= 4 is 17.2 Å². The van der Waals surface area contributed by atoms with Crippen molar-refractivity contribution < 1.29 is 0 Å². The van der Waals surface area contributed by atoms with Gasteiger partial charge in [-0.15, -0.1) is 0 Å². The third-order valence-electron chi connectivity index (χ3n) is 3.46. The SMILES string of the molecule is CC[Si](C)(C[SiH](C)N(C)C)N(C)C. The summed E-state index contributed by atoms with van der Waals surface area (Å²) in [4.78, 5) is 0. The highest BCUT2D eigenvalue weighted by atomic mass is 28.4. The summed E-state index contributed by atoms with van der Waals surface area (Å²) in [7, 11) is 7.29. The average Bonchev–Trinajstić information content (AvgIpc) is 2.03. The van der Waals surface area contributed by atoms with Gasteiger partial charge in [0.15, 0.2) is 0 Å². The Kier molecular flexibility index (Phi) is 5.43. The standard InChI is InChI=1S/C9H26N2Si2/c1-8-13(7,11(4)5)9-12(6)10(2)3/h12H,8-9H2,1-7H3. The number of hydrogen-bond donors (Lipinski definition) is 0. The van der Waals surface area contributed by atoms with Crippen LogP contribution in [0.25, 0.3) is 0 Å². The van der Waals surface area contributed by atoms with Crippen LogP contribution in [-0.4, -0.2) is 54.5 Å². The number of rotatable bonds is 5. The van der Waals surface area contributed by atoms with Gasteiger partial charge in [-0.1, -0.05) is 20.0 Å². The van der Waals surface area contributed by atoms with E-state index in [0.29, 0.717) is 0 Å². The van der Waals surface area contributed by atoms with Gasteiger partial charge in [0, 0.05) is 0 Å². The second-order valence-corrected chi connectivity index (χ2v) is 13.7. The van der Waals surface area contributed by atoms with Gasteiger partial charge in [-0.05, 0) is 39.9 Å². The molecule has 4 heteroatoms. The summed E-state index contributed by atoms with van der Waals surface area (Å²) in [5.41, 5.74) is 1.50. The fourth-order valence-electron chi connectivity index (χ4n) is 1.46. The Morgan fingerprint density at radius 1 is 1.15 bits per heavy atom. The Balaban J connectivity index is 4.27. The van der Waals surface area contributed by atoms with Gasteiger partial charge in [0.05, 0.1) is 0 Å². The molecule has 0 aromatic carbocycles. The van der Waals surface area contributed by atoms with E-state index in [-0.39, 0.29) is 0 Å². The topological polar surface area (TPSA) is 6.48 Å². The molecule has 0 aromatic rings. The van der Waals surface area contributed by atoms with Crippen LogP contribution in [0.3, 0.4) is 0 Å². The van der Waals surface area contributed by atoms with E-state index in [4.69, 9.17) is 0 Å². The molecule has 0 aliphatic rings. The molecule has 0 radical (unpaired) electrons. The fraction of sp³-hybridized carbons (Fsp3) is 1.00. The van der Waals surface area contributed by atoms with E-state index in [2.05, 4.69) is 57.3 Å². The molecule has 0 N–H and O–H groups in total. The molecule has 0 aliphatic heterocycles. The van der Waals surface area contributed by atoms with Crippen LogP contribution in [-0.2, 0) is 0 Å². The minimum atomic E-state index is -1.07. The molecule has 0 spiro atoms.